The van der Waals surface area contributed by atoms with Crippen molar-refractivity contribution in [3.63, 3.8) is 0 Å². The predicted octanol–water partition coefficient (Wildman–Crippen LogP) is 5.95. The molecule has 1 aromatic heterocycles. The molecule has 0 aliphatic heterocycles. The number of ether oxygens (including phenoxy) is 1. The largest absolute Gasteiger partial charge is 0.455 e. The molecule has 0 bridgehead atoms. The number of amides is 1. The molecule has 1 amide bonds. The Morgan fingerprint density at radius 1 is 1.23 bits per heavy atom. The number of carbonyl (C=O) groups is 2. The van der Waals surface area contributed by atoms with E-state index >= 15 is 0 Å². The Morgan fingerprint density at radius 2 is 1.97 bits per heavy atom. The zero-order valence-electron chi connectivity index (χ0n) is 22.0. The zero-order valence-corrected chi connectivity index (χ0v) is 22.9. The summed E-state index contributed by atoms with van der Waals surface area (Å²) in [6.07, 6.45) is 4.33. The third-order valence-electron chi connectivity index (χ3n) is 6.86. The molecule has 1 aliphatic rings. The molecule has 192 valence electrons. The van der Waals surface area contributed by atoms with Crippen molar-refractivity contribution in [2.45, 2.75) is 84.9 Å². The lowest BCUT2D eigenvalue weighted by atomic mass is 9.88. The number of aromatic nitrogens is 1. The van der Waals surface area contributed by atoms with E-state index in [2.05, 4.69) is 68.1 Å². The van der Waals surface area contributed by atoms with E-state index in [0.29, 0.717) is 29.0 Å². The van der Waals surface area contributed by atoms with Crippen molar-refractivity contribution >= 4 is 23.2 Å². The van der Waals surface area contributed by atoms with Gasteiger partial charge in [0.2, 0.25) is 0 Å². The molecule has 6 nitrogen and oxygen atoms in total. The van der Waals surface area contributed by atoms with Crippen molar-refractivity contribution < 1.29 is 14.3 Å². The second-order valence-electron chi connectivity index (χ2n) is 10.5. The van der Waals surface area contributed by atoms with Crippen LogP contribution in [0, 0.1) is 11.8 Å². The number of esters is 1. The highest BCUT2D eigenvalue weighted by Crippen LogP contribution is 2.32. The number of hydrogen-bond acceptors (Lipinski definition) is 6. The Labute approximate surface area is 214 Å². The van der Waals surface area contributed by atoms with Gasteiger partial charge >= 0.3 is 5.97 Å². The quantitative estimate of drug-likeness (QED) is 0.387. The van der Waals surface area contributed by atoms with Gasteiger partial charge in [0.15, 0.2) is 6.10 Å². The number of thiazole rings is 1. The smallest absolute Gasteiger partial charge is 0.303 e. The summed E-state index contributed by atoms with van der Waals surface area (Å²) >= 11 is 1.39. The van der Waals surface area contributed by atoms with Crippen molar-refractivity contribution in [1.29, 1.82) is 0 Å². The second-order valence-corrected chi connectivity index (χ2v) is 11.4. The highest BCUT2D eigenvalue weighted by molar-refractivity contribution is 7.09. The number of rotatable bonds is 11. The molecule has 2 aromatic rings. The number of carbonyl (C=O) groups excluding carboxylic acids is 2. The Bertz CT molecular complexity index is 987. The fourth-order valence-corrected chi connectivity index (χ4v) is 5.72. The topological polar surface area (TPSA) is 71.5 Å². The molecule has 1 aromatic carbocycles. The minimum atomic E-state index is -0.469. The average molecular weight is 500 g/mol. The van der Waals surface area contributed by atoms with Gasteiger partial charge in [0.05, 0.1) is 6.04 Å². The first-order valence-electron chi connectivity index (χ1n) is 12.9. The van der Waals surface area contributed by atoms with E-state index in [1.165, 1.54) is 29.4 Å². The maximum atomic E-state index is 13.1. The minimum absolute atomic E-state index is 0.00166. The SMILES string of the molecule is CC(=O)O[C@H](C[C@H](C(C)C)N(C)CCC(C)C)c1nc(C(=O)NC2CCCc3ccccc32)cs1. The van der Waals surface area contributed by atoms with Gasteiger partial charge in [-0.1, -0.05) is 52.0 Å². The normalized spacial score (nSPS) is 17.3. The number of nitrogens with one attached hydrogen (secondary N) is 1. The van der Waals surface area contributed by atoms with Crippen LogP contribution >= 0.6 is 11.3 Å². The molecule has 0 saturated heterocycles. The molecule has 0 saturated carbocycles. The van der Waals surface area contributed by atoms with Gasteiger partial charge in [0, 0.05) is 24.8 Å². The highest BCUT2D eigenvalue weighted by atomic mass is 32.1. The maximum Gasteiger partial charge on any atom is 0.303 e. The summed E-state index contributed by atoms with van der Waals surface area (Å²) in [7, 11) is 2.14. The number of hydrogen-bond donors (Lipinski definition) is 1. The molecule has 0 fully saturated rings. The van der Waals surface area contributed by atoms with Gasteiger partial charge in [-0.25, -0.2) is 4.98 Å². The van der Waals surface area contributed by atoms with E-state index in [1.807, 2.05) is 6.07 Å². The van der Waals surface area contributed by atoms with Gasteiger partial charge in [-0.3, -0.25) is 9.59 Å². The molecule has 1 unspecified atom stereocenters. The number of fused-ring (bicyclic) bond motifs is 1. The van der Waals surface area contributed by atoms with Crippen molar-refractivity contribution in [2.75, 3.05) is 13.6 Å². The molecular weight excluding hydrogens is 458 g/mol. The van der Waals surface area contributed by atoms with Gasteiger partial charge in [-0.05, 0) is 62.2 Å². The standard InChI is InChI=1S/C28H41N3O3S/c1-18(2)14-15-31(6)25(19(3)4)16-26(34-20(5)32)28-30-24(17-35-28)27(33)29-23-13-9-11-21-10-7-8-12-22(21)23/h7-8,10,12,17-19,23,25-26H,9,11,13-16H2,1-6H3,(H,29,33)/t23?,25-,26-/m1/s1. The summed E-state index contributed by atoms with van der Waals surface area (Å²) in [4.78, 5) is 32.0. The summed E-state index contributed by atoms with van der Waals surface area (Å²) < 4.78 is 5.73. The molecule has 3 atom stereocenters. The van der Waals surface area contributed by atoms with Crippen LogP contribution in [0.15, 0.2) is 29.6 Å². The first kappa shape index (κ1) is 27.3. The Balaban J connectivity index is 1.73. The number of benzene rings is 1. The van der Waals surface area contributed by atoms with Crippen molar-refractivity contribution in [3.8, 4) is 0 Å². The fourth-order valence-electron chi connectivity index (χ4n) is 4.88. The van der Waals surface area contributed by atoms with Crippen LogP contribution in [-0.2, 0) is 16.0 Å². The van der Waals surface area contributed by atoms with Crippen LogP contribution in [-0.4, -0.2) is 41.4 Å². The number of nitrogens with zero attached hydrogens (tertiary/aromatic N) is 2. The van der Waals surface area contributed by atoms with E-state index in [0.717, 1.165) is 32.2 Å². The molecule has 0 radical (unpaired) electrons. The molecule has 7 heteroatoms. The van der Waals surface area contributed by atoms with Crippen LogP contribution in [0.25, 0.3) is 0 Å². The van der Waals surface area contributed by atoms with Gasteiger partial charge in [-0.2, -0.15) is 0 Å². The summed E-state index contributed by atoms with van der Waals surface area (Å²) in [5, 5.41) is 5.64. The van der Waals surface area contributed by atoms with E-state index in [4.69, 9.17) is 4.74 Å². The van der Waals surface area contributed by atoms with Crippen LogP contribution < -0.4 is 5.32 Å². The van der Waals surface area contributed by atoms with Crippen molar-refractivity contribution in [3.05, 3.63) is 51.5 Å². The van der Waals surface area contributed by atoms with E-state index < -0.39 is 6.10 Å². The molecule has 1 N–H and O–H groups in total. The van der Waals surface area contributed by atoms with Crippen LogP contribution in [0.3, 0.4) is 0 Å². The molecule has 3 rings (SSSR count). The Hall–Kier alpha value is -2.25. The van der Waals surface area contributed by atoms with E-state index in [-0.39, 0.29) is 24.0 Å². The number of aryl methyl sites for hydroxylation is 1. The van der Waals surface area contributed by atoms with Gasteiger partial charge < -0.3 is 15.0 Å². The summed E-state index contributed by atoms with van der Waals surface area (Å²) in [6.45, 7) is 11.3. The van der Waals surface area contributed by atoms with E-state index in [1.54, 1.807) is 5.38 Å². The fraction of sp³-hybridized carbons (Fsp3) is 0.607. The monoisotopic (exact) mass is 499 g/mol. The lowest BCUT2D eigenvalue weighted by Gasteiger charge is -2.33. The Morgan fingerprint density at radius 3 is 2.66 bits per heavy atom. The van der Waals surface area contributed by atoms with Crippen LogP contribution in [0.5, 0.6) is 0 Å². The Kier molecular flexibility index (Phi) is 9.87. The first-order valence-corrected chi connectivity index (χ1v) is 13.7. The third kappa shape index (κ3) is 7.61. The van der Waals surface area contributed by atoms with Crippen LogP contribution in [0.2, 0.25) is 0 Å². The summed E-state index contributed by atoms with van der Waals surface area (Å²) in [5.41, 5.74) is 2.89. The molecule has 35 heavy (non-hydrogen) atoms. The average Bonchev–Trinajstić information content (AvgIpc) is 3.30. The minimum Gasteiger partial charge on any atom is -0.455 e. The van der Waals surface area contributed by atoms with Gasteiger partial charge in [0.1, 0.15) is 10.7 Å². The van der Waals surface area contributed by atoms with Gasteiger partial charge in [-0.15, -0.1) is 11.3 Å². The van der Waals surface area contributed by atoms with E-state index in [9.17, 15) is 9.59 Å². The molecule has 1 aliphatic carbocycles. The van der Waals surface area contributed by atoms with Crippen molar-refractivity contribution in [1.82, 2.24) is 15.2 Å². The first-order chi connectivity index (χ1) is 16.7. The lowest BCUT2D eigenvalue weighted by Crippen LogP contribution is -2.38. The molecule has 0 spiro atoms. The summed E-state index contributed by atoms with van der Waals surface area (Å²) in [5.74, 6) is 0.512. The van der Waals surface area contributed by atoms with Crippen LogP contribution in [0.1, 0.15) is 99.1 Å². The predicted molar refractivity (Wildman–Crippen MR) is 142 cm³/mol. The highest BCUT2D eigenvalue weighted by Gasteiger charge is 2.29. The van der Waals surface area contributed by atoms with Gasteiger partial charge in [0.25, 0.3) is 5.91 Å². The lowest BCUT2D eigenvalue weighted by molar-refractivity contribution is -0.148. The molecule has 1 heterocycles. The van der Waals surface area contributed by atoms with Crippen LogP contribution in [0.4, 0.5) is 0 Å². The second kappa shape index (κ2) is 12.6. The molecular formula is C28H41N3O3S. The third-order valence-corrected chi connectivity index (χ3v) is 7.80. The maximum absolute atomic E-state index is 13.1. The van der Waals surface area contributed by atoms with Crippen molar-refractivity contribution in [2.24, 2.45) is 11.8 Å². The zero-order chi connectivity index (χ0) is 25.5. The summed E-state index contributed by atoms with van der Waals surface area (Å²) in [6, 6.07) is 8.55.